The van der Waals surface area contributed by atoms with E-state index in [0.717, 1.165) is 38.0 Å². The van der Waals surface area contributed by atoms with Crippen molar-refractivity contribution in [1.29, 1.82) is 0 Å². The van der Waals surface area contributed by atoms with Crippen molar-refractivity contribution < 1.29 is 14.3 Å². The number of amides is 1. The van der Waals surface area contributed by atoms with Crippen molar-refractivity contribution in [2.45, 2.75) is 31.8 Å². The van der Waals surface area contributed by atoms with Gasteiger partial charge in [0.1, 0.15) is 11.5 Å². The molecule has 0 bridgehead atoms. The fourth-order valence-electron chi connectivity index (χ4n) is 3.48. The number of hydrogen-bond donors (Lipinski definition) is 1. The van der Waals surface area contributed by atoms with Gasteiger partial charge in [-0.2, -0.15) is 0 Å². The Bertz CT molecular complexity index is 744. The number of nitrogens with zero attached hydrogens (tertiary/aromatic N) is 2. The summed E-state index contributed by atoms with van der Waals surface area (Å²) in [7, 11) is 3.18. The van der Waals surface area contributed by atoms with E-state index in [0.29, 0.717) is 23.6 Å². The molecule has 0 saturated carbocycles. The van der Waals surface area contributed by atoms with E-state index in [4.69, 9.17) is 9.47 Å². The maximum Gasteiger partial charge on any atom is 0.258 e. The number of nitrogens with one attached hydrogen (secondary N) is 1. The molecule has 1 unspecified atom stereocenters. The molecule has 1 amide bonds. The minimum atomic E-state index is -0.0525. The highest BCUT2D eigenvalue weighted by Gasteiger charge is 2.28. The first-order chi connectivity index (χ1) is 13.2. The van der Waals surface area contributed by atoms with Gasteiger partial charge in [-0.15, -0.1) is 0 Å². The maximum atomic E-state index is 13.6. The molecule has 1 fully saturated rings. The first-order valence-electron chi connectivity index (χ1n) is 9.36. The Balaban J connectivity index is 1.94. The van der Waals surface area contributed by atoms with Crippen molar-refractivity contribution in [1.82, 2.24) is 15.2 Å². The Labute approximate surface area is 160 Å². The Hall–Kier alpha value is -2.60. The molecule has 1 saturated heterocycles. The van der Waals surface area contributed by atoms with Gasteiger partial charge in [0.05, 0.1) is 32.0 Å². The van der Waals surface area contributed by atoms with E-state index < -0.39 is 0 Å². The van der Waals surface area contributed by atoms with Crippen molar-refractivity contribution in [3.05, 3.63) is 53.9 Å². The number of carbonyl (C=O) groups is 1. The van der Waals surface area contributed by atoms with Crippen LogP contribution in [0.1, 0.15) is 35.3 Å². The molecule has 27 heavy (non-hydrogen) atoms. The highest BCUT2D eigenvalue weighted by atomic mass is 16.5. The van der Waals surface area contributed by atoms with Crippen LogP contribution in [0.5, 0.6) is 11.5 Å². The molecule has 144 valence electrons. The summed E-state index contributed by atoms with van der Waals surface area (Å²) < 4.78 is 10.8. The molecule has 0 radical (unpaired) electrons. The molecule has 1 aliphatic heterocycles. The lowest BCUT2D eigenvalue weighted by Crippen LogP contribution is -2.40. The third-order valence-corrected chi connectivity index (χ3v) is 4.94. The number of methoxy groups -OCH3 is 2. The van der Waals surface area contributed by atoms with Gasteiger partial charge in [0.15, 0.2) is 0 Å². The minimum absolute atomic E-state index is 0.0525. The molecule has 1 aromatic heterocycles. The van der Waals surface area contributed by atoms with Gasteiger partial charge >= 0.3 is 0 Å². The van der Waals surface area contributed by atoms with Crippen LogP contribution >= 0.6 is 0 Å². The number of pyridine rings is 1. The van der Waals surface area contributed by atoms with Gasteiger partial charge in [-0.1, -0.05) is 6.07 Å². The van der Waals surface area contributed by atoms with E-state index in [1.807, 2.05) is 23.1 Å². The molecule has 6 heteroatoms. The monoisotopic (exact) mass is 369 g/mol. The van der Waals surface area contributed by atoms with E-state index in [1.165, 1.54) is 0 Å². The summed E-state index contributed by atoms with van der Waals surface area (Å²) >= 11 is 0. The zero-order valence-electron chi connectivity index (χ0n) is 16.0. The summed E-state index contributed by atoms with van der Waals surface area (Å²) in [4.78, 5) is 19.9. The van der Waals surface area contributed by atoms with Crippen LogP contribution in [-0.4, -0.2) is 49.1 Å². The van der Waals surface area contributed by atoms with Crippen molar-refractivity contribution in [3.63, 3.8) is 0 Å². The average Bonchev–Trinajstić information content (AvgIpc) is 3.01. The molecule has 2 aromatic rings. The number of ether oxygens (including phenoxy) is 2. The maximum absolute atomic E-state index is 13.6. The van der Waals surface area contributed by atoms with E-state index in [-0.39, 0.29) is 11.9 Å². The average molecular weight is 369 g/mol. The van der Waals surface area contributed by atoms with Gasteiger partial charge in [0, 0.05) is 12.2 Å². The first kappa shape index (κ1) is 19.2. The van der Waals surface area contributed by atoms with Crippen LogP contribution in [-0.2, 0) is 6.54 Å². The summed E-state index contributed by atoms with van der Waals surface area (Å²) in [5.74, 6) is 1.14. The lowest BCUT2D eigenvalue weighted by molar-refractivity contribution is 0.0638. The highest BCUT2D eigenvalue weighted by Crippen LogP contribution is 2.28. The topological polar surface area (TPSA) is 63.7 Å². The van der Waals surface area contributed by atoms with Crippen molar-refractivity contribution in [3.8, 4) is 11.5 Å². The summed E-state index contributed by atoms with van der Waals surface area (Å²) in [6, 6.07) is 11.3. The van der Waals surface area contributed by atoms with Crippen molar-refractivity contribution in [2.24, 2.45) is 0 Å². The van der Waals surface area contributed by atoms with Crippen molar-refractivity contribution in [2.75, 3.05) is 27.3 Å². The summed E-state index contributed by atoms with van der Waals surface area (Å²) in [5.41, 5.74) is 1.40. The number of rotatable bonds is 6. The van der Waals surface area contributed by atoms with E-state index >= 15 is 0 Å². The summed E-state index contributed by atoms with van der Waals surface area (Å²) in [6.07, 6.45) is 4.70. The molecule has 1 atom stereocenters. The van der Waals surface area contributed by atoms with Gasteiger partial charge in [-0.3, -0.25) is 9.78 Å². The number of hydrogen-bond acceptors (Lipinski definition) is 5. The predicted octanol–water partition coefficient (Wildman–Crippen LogP) is 2.88. The SMILES string of the molecule is COc1ccc(OC)c(C(=O)N(Cc2ccccn2)C2CCCNCC2)c1. The molecule has 3 rings (SSSR count). The standard InChI is InChI=1S/C21H27N3O3/c1-26-18-8-9-20(27-2)19(14-18)21(25)24(15-16-6-3-4-12-23-16)17-7-5-11-22-13-10-17/h3-4,6,8-9,12,14,17,22H,5,7,10-11,13,15H2,1-2H3. The quantitative estimate of drug-likeness (QED) is 0.848. The van der Waals surface area contributed by atoms with Crippen LogP contribution in [0.3, 0.4) is 0 Å². The molecular weight excluding hydrogens is 342 g/mol. The second-order valence-corrected chi connectivity index (χ2v) is 6.66. The zero-order valence-corrected chi connectivity index (χ0v) is 16.0. The van der Waals surface area contributed by atoms with Crippen LogP contribution in [0.4, 0.5) is 0 Å². The summed E-state index contributed by atoms with van der Waals surface area (Å²) in [5, 5.41) is 3.42. The Morgan fingerprint density at radius 2 is 2.07 bits per heavy atom. The third-order valence-electron chi connectivity index (χ3n) is 4.94. The van der Waals surface area contributed by atoms with Crippen LogP contribution in [0.25, 0.3) is 0 Å². The first-order valence-corrected chi connectivity index (χ1v) is 9.36. The molecule has 1 aromatic carbocycles. The minimum Gasteiger partial charge on any atom is -0.497 e. The fourth-order valence-corrected chi connectivity index (χ4v) is 3.48. The zero-order chi connectivity index (χ0) is 19.1. The number of benzene rings is 1. The lowest BCUT2D eigenvalue weighted by atomic mass is 10.0. The smallest absolute Gasteiger partial charge is 0.258 e. The Morgan fingerprint density at radius 1 is 1.19 bits per heavy atom. The summed E-state index contributed by atoms with van der Waals surface area (Å²) in [6.45, 7) is 2.38. The molecule has 6 nitrogen and oxygen atoms in total. The van der Waals surface area contributed by atoms with Gasteiger partial charge in [0.25, 0.3) is 5.91 Å². The molecular formula is C21H27N3O3. The predicted molar refractivity (Wildman–Crippen MR) is 104 cm³/mol. The van der Waals surface area contributed by atoms with E-state index in [2.05, 4.69) is 10.3 Å². The van der Waals surface area contributed by atoms with Gasteiger partial charge in [-0.25, -0.2) is 0 Å². The second kappa shape index (κ2) is 9.37. The Morgan fingerprint density at radius 3 is 2.81 bits per heavy atom. The van der Waals surface area contributed by atoms with Crippen LogP contribution in [0.15, 0.2) is 42.6 Å². The van der Waals surface area contributed by atoms with E-state index in [1.54, 1.807) is 38.6 Å². The van der Waals surface area contributed by atoms with Crippen LogP contribution < -0.4 is 14.8 Å². The second-order valence-electron chi connectivity index (χ2n) is 6.66. The van der Waals surface area contributed by atoms with Gasteiger partial charge in [-0.05, 0) is 62.7 Å². The van der Waals surface area contributed by atoms with Crippen molar-refractivity contribution >= 4 is 5.91 Å². The fraction of sp³-hybridized carbons (Fsp3) is 0.429. The Kier molecular flexibility index (Phi) is 6.65. The number of carbonyl (C=O) groups excluding carboxylic acids is 1. The van der Waals surface area contributed by atoms with E-state index in [9.17, 15) is 4.79 Å². The molecule has 0 spiro atoms. The normalized spacial score (nSPS) is 17.0. The van der Waals surface area contributed by atoms with Crippen LogP contribution in [0, 0.1) is 0 Å². The van der Waals surface area contributed by atoms with Crippen LogP contribution in [0.2, 0.25) is 0 Å². The third kappa shape index (κ3) is 4.77. The molecule has 1 N–H and O–H groups in total. The highest BCUT2D eigenvalue weighted by molar-refractivity contribution is 5.97. The lowest BCUT2D eigenvalue weighted by Gasteiger charge is -2.31. The molecule has 2 heterocycles. The van der Waals surface area contributed by atoms with Gasteiger partial charge < -0.3 is 19.7 Å². The van der Waals surface area contributed by atoms with Gasteiger partial charge in [0.2, 0.25) is 0 Å². The largest absolute Gasteiger partial charge is 0.497 e. The number of aromatic nitrogens is 1. The molecule has 1 aliphatic rings. The molecule has 0 aliphatic carbocycles.